The first-order valence-corrected chi connectivity index (χ1v) is 19.7. The fourth-order valence-electron chi connectivity index (χ4n) is 9.29. The summed E-state index contributed by atoms with van der Waals surface area (Å²) in [6.07, 6.45) is 1.86. The molecule has 2 heteroatoms. The van der Waals surface area contributed by atoms with Gasteiger partial charge in [-0.1, -0.05) is 145 Å². The third kappa shape index (κ3) is 5.17. The summed E-state index contributed by atoms with van der Waals surface area (Å²) in [6.45, 7) is 4.34. The van der Waals surface area contributed by atoms with Crippen molar-refractivity contribution in [3.05, 3.63) is 215 Å². The van der Waals surface area contributed by atoms with Crippen molar-refractivity contribution >= 4 is 55.7 Å². The number of benzene rings is 9. The van der Waals surface area contributed by atoms with E-state index in [1.807, 2.05) is 0 Å². The standard InChI is InChI=1S/C54H40N2/c1-35-19-23-37(24-20-35)53-45-29-27-44(56-51-17-9-5-13-41(51)32-42-14-6-10-18-52(42)56)34-48(45)54(38-25-21-36(2)22-26-38)46-30-28-43(33-47(46)53)55-49-15-7-3-11-39(49)31-40-12-4-8-16-50(40)55/h3-30,33-34H,31-32H2,1-2H3. The van der Waals surface area contributed by atoms with E-state index < -0.39 is 0 Å². The average molecular weight is 717 g/mol. The zero-order chi connectivity index (χ0) is 37.3. The molecular formula is C54H40N2. The number of aryl methyl sites for hydroxylation is 2. The molecule has 2 heterocycles. The fraction of sp³-hybridized carbons (Fsp3) is 0.0741. The van der Waals surface area contributed by atoms with Crippen molar-refractivity contribution in [1.82, 2.24) is 0 Å². The molecule has 0 saturated carbocycles. The third-order valence-corrected chi connectivity index (χ3v) is 12.0. The monoisotopic (exact) mass is 716 g/mol. The van der Waals surface area contributed by atoms with E-state index in [9.17, 15) is 0 Å². The van der Waals surface area contributed by atoms with Crippen LogP contribution in [0.5, 0.6) is 0 Å². The summed E-state index contributed by atoms with van der Waals surface area (Å²) in [5, 5.41) is 4.99. The van der Waals surface area contributed by atoms with Crippen LogP contribution < -0.4 is 9.80 Å². The molecule has 0 atom stereocenters. The summed E-state index contributed by atoms with van der Waals surface area (Å²) in [5.41, 5.74) is 20.2. The van der Waals surface area contributed by atoms with Gasteiger partial charge in [-0.05, 0) is 128 Å². The maximum atomic E-state index is 2.47. The predicted octanol–water partition coefficient (Wildman–Crippen LogP) is 14.7. The van der Waals surface area contributed by atoms with Gasteiger partial charge in [0, 0.05) is 47.0 Å². The lowest BCUT2D eigenvalue weighted by Gasteiger charge is -2.34. The van der Waals surface area contributed by atoms with Gasteiger partial charge in [0.2, 0.25) is 0 Å². The lowest BCUT2D eigenvalue weighted by Crippen LogP contribution is -2.18. The quantitative estimate of drug-likeness (QED) is 0.167. The first-order valence-electron chi connectivity index (χ1n) is 19.7. The summed E-state index contributed by atoms with van der Waals surface area (Å²) in [7, 11) is 0. The molecule has 0 aromatic heterocycles. The SMILES string of the molecule is Cc1ccc(-c2c3ccc(N4c5ccccc5Cc5ccccc54)cc3c(-c3ccc(C)cc3)c3ccc(N4c5ccccc5Cc5ccccc54)cc23)cc1. The van der Waals surface area contributed by atoms with Gasteiger partial charge in [0.05, 0.1) is 0 Å². The maximum absolute atomic E-state index is 2.47. The van der Waals surface area contributed by atoms with E-state index in [-0.39, 0.29) is 0 Å². The summed E-state index contributed by atoms with van der Waals surface area (Å²) in [5.74, 6) is 0. The largest absolute Gasteiger partial charge is 0.310 e. The van der Waals surface area contributed by atoms with Gasteiger partial charge in [0.25, 0.3) is 0 Å². The highest BCUT2D eigenvalue weighted by atomic mass is 15.2. The number of rotatable bonds is 4. The van der Waals surface area contributed by atoms with Crippen LogP contribution in [-0.2, 0) is 12.8 Å². The lowest BCUT2D eigenvalue weighted by atomic mass is 9.84. The second kappa shape index (κ2) is 12.9. The normalized spacial score (nSPS) is 13.0. The predicted molar refractivity (Wildman–Crippen MR) is 237 cm³/mol. The molecule has 0 saturated heterocycles. The van der Waals surface area contributed by atoms with Crippen molar-refractivity contribution in [2.75, 3.05) is 9.80 Å². The number of hydrogen-bond donors (Lipinski definition) is 0. The van der Waals surface area contributed by atoms with E-state index in [2.05, 4.69) is 206 Å². The number of hydrogen-bond acceptors (Lipinski definition) is 2. The molecule has 9 aromatic rings. The van der Waals surface area contributed by atoms with Crippen molar-refractivity contribution in [1.29, 1.82) is 0 Å². The van der Waals surface area contributed by atoms with Crippen molar-refractivity contribution in [2.45, 2.75) is 26.7 Å². The van der Waals surface area contributed by atoms with E-state index in [1.165, 1.54) is 99.9 Å². The molecule has 9 aromatic carbocycles. The van der Waals surface area contributed by atoms with Gasteiger partial charge in [-0.15, -0.1) is 0 Å². The number of para-hydroxylation sites is 4. The van der Waals surface area contributed by atoms with Gasteiger partial charge in [0.1, 0.15) is 0 Å². The van der Waals surface area contributed by atoms with E-state index in [4.69, 9.17) is 0 Å². The molecule has 0 amide bonds. The Morgan fingerprint density at radius 1 is 0.321 bits per heavy atom. The highest BCUT2D eigenvalue weighted by molar-refractivity contribution is 6.22. The van der Waals surface area contributed by atoms with Gasteiger partial charge < -0.3 is 9.80 Å². The Morgan fingerprint density at radius 2 is 0.643 bits per heavy atom. The molecule has 0 fully saturated rings. The average Bonchev–Trinajstić information content (AvgIpc) is 3.24. The molecule has 0 aliphatic carbocycles. The van der Waals surface area contributed by atoms with Gasteiger partial charge in [-0.2, -0.15) is 0 Å². The third-order valence-electron chi connectivity index (χ3n) is 12.0. The first-order chi connectivity index (χ1) is 27.6. The van der Waals surface area contributed by atoms with Gasteiger partial charge in [-0.25, -0.2) is 0 Å². The molecule has 0 spiro atoms. The first kappa shape index (κ1) is 32.5. The summed E-state index contributed by atoms with van der Waals surface area (Å²) >= 11 is 0. The Hall–Kier alpha value is -6.90. The van der Waals surface area contributed by atoms with Crippen LogP contribution in [0.4, 0.5) is 34.1 Å². The minimum absolute atomic E-state index is 0.932. The Kier molecular flexibility index (Phi) is 7.47. The number of anilines is 6. The van der Waals surface area contributed by atoms with Crippen LogP contribution in [0.15, 0.2) is 182 Å². The van der Waals surface area contributed by atoms with Crippen LogP contribution in [-0.4, -0.2) is 0 Å². The summed E-state index contributed by atoms with van der Waals surface area (Å²) in [6, 6.07) is 68.0. The summed E-state index contributed by atoms with van der Waals surface area (Å²) < 4.78 is 0. The molecule has 2 nitrogen and oxygen atoms in total. The molecule has 2 aliphatic rings. The molecule has 0 radical (unpaired) electrons. The van der Waals surface area contributed by atoms with Crippen LogP contribution >= 0.6 is 0 Å². The van der Waals surface area contributed by atoms with Gasteiger partial charge >= 0.3 is 0 Å². The molecule has 0 bridgehead atoms. The second-order valence-electron chi connectivity index (χ2n) is 15.5. The van der Waals surface area contributed by atoms with Crippen LogP contribution in [0, 0.1) is 13.8 Å². The van der Waals surface area contributed by atoms with E-state index in [0.717, 1.165) is 24.2 Å². The van der Waals surface area contributed by atoms with E-state index in [1.54, 1.807) is 0 Å². The topological polar surface area (TPSA) is 6.48 Å². The van der Waals surface area contributed by atoms with Crippen molar-refractivity contribution in [2.24, 2.45) is 0 Å². The fourth-order valence-corrected chi connectivity index (χ4v) is 9.29. The Bertz CT molecular complexity index is 2690. The molecule has 11 rings (SSSR count). The van der Waals surface area contributed by atoms with Crippen molar-refractivity contribution in [3.63, 3.8) is 0 Å². The maximum Gasteiger partial charge on any atom is 0.0497 e. The summed E-state index contributed by atoms with van der Waals surface area (Å²) in [4.78, 5) is 4.94. The number of nitrogens with zero attached hydrogens (tertiary/aromatic N) is 2. The van der Waals surface area contributed by atoms with Gasteiger partial charge in [-0.3, -0.25) is 0 Å². The Labute approximate surface area is 328 Å². The number of fused-ring (bicyclic) bond motifs is 6. The molecule has 0 N–H and O–H groups in total. The van der Waals surface area contributed by atoms with Crippen LogP contribution in [0.1, 0.15) is 33.4 Å². The van der Waals surface area contributed by atoms with Crippen molar-refractivity contribution in [3.8, 4) is 22.3 Å². The zero-order valence-electron chi connectivity index (χ0n) is 31.6. The molecule has 0 unspecified atom stereocenters. The highest BCUT2D eigenvalue weighted by Gasteiger charge is 2.27. The molecule has 56 heavy (non-hydrogen) atoms. The Balaban J connectivity index is 1.23. The van der Waals surface area contributed by atoms with Crippen LogP contribution in [0.25, 0.3) is 43.8 Å². The van der Waals surface area contributed by atoms with Crippen molar-refractivity contribution < 1.29 is 0 Å². The molecular weight excluding hydrogens is 677 g/mol. The van der Waals surface area contributed by atoms with Gasteiger partial charge in [0.15, 0.2) is 0 Å². The highest BCUT2D eigenvalue weighted by Crippen LogP contribution is 2.51. The smallest absolute Gasteiger partial charge is 0.0497 e. The van der Waals surface area contributed by atoms with E-state index >= 15 is 0 Å². The van der Waals surface area contributed by atoms with Crippen LogP contribution in [0.2, 0.25) is 0 Å². The molecule has 266 valence electrons. The molecule has 2 aliphatic heterocycles. The Morgan fingerprint density at radius 3 is 0.982 bits per heavy atom. The lowest BCUT2D eigenvalue weighted by molar-refractivity contribution is 1.09. The second-order valence-corrected chi connectivity index (χ2v) is 15.5. The van der Waals surface area contributed by atoms with E-state index in [0.29, 0.717) is 0 Å². The minimum Gasteiger partial charge on any atom is -0.310 e. The zero-order valence-corrected chi connectivity index (χ0v) is 31.6. The van der Waals surface area contributed by atoms with Crippen LogP contribution in [0.3, 0.4) is 0 Å². The minimum atomic E-state index is 0.932.